The molecule has 0 aromatic heterocycles. The van der Waals surface area contributed by atoms with Gasteiger partial charge in [-0.3, -0.25) is 14.1 Å². The third-order valence-corrected chi connectivity index (χ3v) is 4.62. The maximum Gasteiger partial charge on any atom is -0.269 e. The van der Waals surface area contributed by atoms with Crippen LogP contribution in [0, 0.1) is 5.41 Å². The van der Waals surface area contributed by atoms with Crippen LogP contribution in [0.4, 0.5) is 14.1 Å². The van der Waals surface area contributed by atoms with E-state index in [-0.39, 0.29) is 14.1 Å². The van der Waals surface area contributed by atoms with E-state index in [2.05, 4.69) is 55.1 Å². The maximum atomic E-state index is 2.30. The smallest absolute Gasteiger partial charge is 0.269 e. The normalized spacial score (nSPS) is 18.3. The van der Waals surface area contributed by atoms with Crippen molar-refractivity contribution in [1.29, 1.82) is 0 Å². The van der Waals surface area contributed by atoms with Crippen LogP contribution in [0.1, 0.15) is 34.6 Å². The second-order valence-electron chi connectivity index (χ2n) is 3.88. The monoisotopic (exact) mass is 243 g/mol. The van der Waals surface area contributed by atoms with E-state index < -0.39 is 0 Å². The quantitative estimate of drug-likeness (QED) is 0.570. The fraction of sp³-hybridized carbons (Fsp3) is 0.600. The molecule has 0 atom stereocenters. The SMILES string of the molecule is CC1=C(C)C(C)(C)[C]([Ti])=C1C.F.F.F. The molecule has 0 saturated heterocycles. The van der Waals surface area contributed by atoms with Crippen molar-refractivity contribution in [2.24, 2.45) is 5.41 Å². The Bertz CT molecular complexity index is 239. The van der Waals surface area contributed by atoms with Gasteiger partial charge in [-0.2, -0.15) is 0 Å². The fourth-order valence-corrected chi connectivity index (χ4v) is 2.18. The van der Waals surface area contributed by atoms with Crippen LogP contribution >= 0.6 is 0 Å². The van der Waals surface area contributed by atoms with E-state index in [1.807, 2.05) is 0 Å². The molecular formula is C10H18F3Ti. The zero-order valence-corrected chi connectivity index (χ0v) is 10.8. The van der Waals surface area contributed by atoms with Crippen LogP contribution in [0.2, 0.25) is 0 Å². The van der Waals surface area contributed by atoms with Gasteiger partial charge in [-0.25, -0.2) is 0 Å². The van der Waals surface area contributed by atoms with Gasteiger partial charge in [-0.05, 0) is 0 Å². The van der Waals surface area contributed by atoms with E-state index in [1.54, 1.807) is 0 Å². The van der Waals surface area contributed by atoms with Crippen molar-refractivity contribution in [3.05, 3.63) is 20.6 Å². The van der Waals surface area contributed by atoms with Crippen LogP contribution in [0.5, 0.6) is 0 Å². The van der Waals surface area contributed by atoms with Gasteiger partial charge in [0.1, 0.15) is 0 Å². The first-order valence-electron chi connectivity index (χ1n) is 4.00. The Hall–Kier alpha value is -0.0157. The molecule has 1 aliphatic carbocycles. The minimum Gasteiger partial charge on any atom is -0.269 e. The second-order valence-corrected chi connectivity index (χ2v) is 4.66. The molecule has 0 unspecified atom stereocenters. The summed E-state index contributed by atoms with van der Waals surface area (Å²) in [4.78, 5) is 0. The fourth-order valence-electron chi connectivity index (χ4n) is 1.59. The van der Waals surface area contributed by atoms with Gasteiger partial charge in [0.2, 0.25) is 0 Å². The molecule has 14 heavy (non-hydrogen) atoms. The maximum absolute atomic E-state index is 2.30. The first-order valence-corrected chi connectivity index (χ1v) is 4.78. The standard InChI is InChI=1S/C10H15.3FH.Ti/c1-7-6-10(4,5)9(3)8(7)2;;;;/h1-5H3;3*1H;. The molecule has 0 N–H and O–H groups in total. The van der Waals surface area contributed by atoms with Crippen LogP contribution in [0.25, 0.3) is 0 Å². The van der Waals surface area contributed by atoms with Gasteiger partial charge in [0, 0.05) is 0 Å². The first kappa shape index (κ1) is 19.5. The van der Waals surface area contributed by atoms with Crippen LogP contribution in [0.15, 0.2) is 20.6 Å². The summed E-state index contributed by atoms with van der Waals surface area (Å²) in [5.41, 5.74) is 4.83. The summed E-state index contributed by atoms with van der Waals surface area (Å²) in [5, 5.41) is 0. The largest absolute Gasteiger partial charge is 0.269 e. The Kier molecular flexibility index (Phi) is 8.05. The van der Waals surface area contributed by atoms with Crippen molar-refractivity contribution in [1.82, 2.24) is 0 Å². The van der Waals surface area contributed by atoms with Gasteiger partial charge in [-0.15, -0.1) is 0 Å². The Morgan fingerprint density at radius 3 is 1.29 bits per heavy atom. The van der Waals surface area contributed by atoms with Crippen LogP contribution in [-0.2, 0) is 20.4 Å². The van der Waals surface area contributed by atoms with Crippen LogP contribution < -0.4 is 0 Å². The number of hydrogen-bond acceptors (Lipinski definition) is 0. The van der Waals surface area contributed by atoms with Gasteiger partial charge in [-0.1, -0.05) is 0 Å². The summed E-state index contributed by atoms with van der Waals surface area (Å²) in [7, 11) is 0. The second kappa shape index (κ2) is 5.77. The van der Waals surface area contributed by atoms with E-state index in [0.29, 0.717) is 5.41 Å². The molecule has 0 aromatic rings. The van der Waals surface area contributed by atoms with Crippen LogP contribution in [-0.4, -0.2) is 0 Å². The number of rotatable bonds is 0. The van der Waals surface area contributed by atoms with Crippen molar-refractivity contribution in [3.8, 4) is 0 Å². The van der Waals surface area contributed by atoms with Crippen molar-refractivity contribution in [3.63, 3.8) is 0 Å². The molecule has 0 spiro atoms. The molecule has 0 radical (unpaired) electrons. The summed E-state index contributed by atoms with van der Waals surface area (Å²) in [5.74, 6) is 0. The molecule has 0 amide bonds. The summed E-state index contributed by atoms with van der Waals surface area (Å²) < 4.78 is 1.53. The Labute approximate surface area is 95.4 Å². The Morgan fingerprint density at radius 1 is 0.857 bits per heavy atom. The molecular weight excluding hydrogens is 225 g/mol. The van der Waals surface area contributed by atoms with E-state index in [1.165, 1.54) is 20.6 Å². The molecule has 0 nitrogen and oxygen atoms in total. The molecule has 4 heteroatoms. The average Bonchev–Trinajstić information content (AvgIpc) is 2.06. The van der Waals surface area contributed by atoms with Crippen molar-refractivity contribution in [2.75, 3.05) is 0 Å². The molecule has 0 heterocycles. The summed E-state index contributed by atoms with van der Waals surface area (Å²) in [6.07, 6.45) is 0. The molecule has 1 rings (SSSR count). The van der Waals surface area contributed by atoms with Gasteiger partial charge >= 0.3 is 81.1 Å². The van der Waals surface area contributed by atoms with E-state index in [0.717, 1.165) is 0 Å². The van der Waals surface area contributed by atoms with Crippen molar-refractivity contribution < 1.29 is 34.5 Å². The topological polar surface area (TPSA) is 0 Å². The third-order valence-electron chi connectivity index (χ3n) is 3.06. The number of allylic oxidation sites excluding steroid dienone is 4. The molecule has 0 saturated carbocycles. The van der Waals surface area contributed by atoms with Gasteiger partial charge < -0.3 is 0 Å². The first-order chi connectivity index (χ1) is 4.89. The van der Waals surface area contributed by atoms with E-state index in [9.17, 15) is 0 Å². The van der Waals surface area contributed by atoms with Crippen molar-refractivity contribution in [2.45, 2.75) is 34.6 Å². The minimum absolute atomic E-state index is 0. The van der Waals surface area contributed by atoms with E-state index in [4.69, 9.17) is 0 Å². The van der Waals surface area contributed by atoms with Crippen molar-refractivity contribution >= 4 is 0 Å². The van der Waals surface area contributed by atoms with Gasteiger partial charge in [0.05, 0.1) is 0 Å². The molecule has 0 bridgehead atoms. The Balaban J connectivity index is -0.000000403. The van der Waals surface area contributed by atoms with Gasteiger partial charge in [0.15, 0.2) is 0 Å². The van der Waals surface area contributed by atoms with E-state index >= 15 is 0 Å². The molecule has 0 aliphatic heterocycles. The predicted octanol–water partition coefficient (Wildman–Crippen LogP) is 3.64. The summed E-state index contributed by atoms with van der Waals surface area (Å²) in [6.45, 7) is 11.3. The minimum atomic E-state index is 0. The molecule has 83 valence electrons. The Morgan fingerprint density at radius 2 is 1.21 bits per heavy atom. The zero-order valence-electron chi connectivity index (χ0n) is 9.22. The number of hydrogen-bond donors (Lipinski definition) is 0. The number of halogens is 3. The van der Waals surface area contributed by atoms with Crippen LogP contribution in [0.3, 0.4) is 0 Å². The summed E-state index contributed by atoms with van der Waals surface area (Å²) in [6, 6.07) is 0. The summed E-state index contributed by atoms with van der Waals surface area (Å²) >= 11 is 2.25. The zero-order chi connectivity index (χ0) is 8.81. The molecule has 0 aromatic carbocycles. The molecule has 1 aliphatic rings. The van der Waals surface area contributed by atoms with Gasteiger partial charge in [0.25, 0.3) is 0 Å². The average molecular weight is 243 g/mol. The molecule has 0 fully saturated rings. The predicted molar refractivity (Wildman–Crippen MR) is 52.4 cm³/mol. The third kappa shape index (κ3) is 2.51.